The van der Waals surface area contributed by atoms with Gasteiger partial charge < -0.3 is 15.3 Å². The molecule has 3 aromatic rings. The second-order valence-electron chi connectivity index (χ2n) is 11.0. The summed E-state index contributed by atoms with van der Waals surface area (Å²) < 4.78 is 14.0. The molecular formula is C30H35FN4O4. The highest BCUT2D eigenvalue weighted by Crippen LogP contribution is 2.43. The van der Waals surface area contributed by atoms with Crippen molar-refractivity contribution in [2.75, 3.05) is 13.2 Å². The topological polar surface area (TPSA) is 115 Å². The Balaban J connectivity index is 1.48. The van der Waals surface area contributed by atoms with E-state index in [1.54, 1.807) is 42.2 Å². The largest absolute Gasteiger partial charge is 0.396 e. The Kier molecular flexibility index (Phi) is 8.30. The van der Waals surface area contributed by atoms with E-state index in [2.05, 4.69) is 15.5 Å². The fourth-order valence-electron chi connectivity index (χ4n) is 5.35. The zero-order valence-corrected chi connectivity index (χ0v) is 22.8. The summed E-state index contributed by atoms with van der Waals surface area (Å²) in [5.41, 5.74) is 3.34. The van der Waals surface area contributed by atoms with Crippen molar-refractivity contribution in [2.45, 2.75) is 59.0 Å². The maximum Gasteiger partial charge on any atom is 0.267 e. The van der Waals surface area contributed by atoms with E-state index in [0.29, 0.717) is 41.6 Å². The predicted octanol–water partition coefficient (Wildman–Crippen LogP) is 3.60. The molecule has 1 aliphatic heterocycles. The Hall–Kier alpha value is -3.85. The van der Waals surface area contributed by atoms with Crippen LogP contribution in [0, 0.1) is 25.1 Å². The first-order valence-electron chi connectivity index (χ1n) is 13.1. The standard InChI is InChI=1S/C30H35FN4O4/c1-18-12-22(9-8-20(18)14-23-13-19(2)33-34-29(23)39)28(38)32-16-27(37)35-25(21-6-5-7-24(31)15-21)10-11-26(35)30(3,4)17-36/h5-9,12-13,15,25-26,36H,10-11,14,16-17H2,1-4H3,(H,32,38)(H,34,39)/t25-,26?/m0/s1. The molecule has 1 unspecified atom stereocenters. The van der Waals surface area contributed by atoms with Crippen LogP contribution < -0.4 is 10.9 Å². The summed E-state index contributed by atoms with van der Waals surface area (Å²) in [6.45, 7) is 7.13. The van der Waals surface area contributed by atoms with Crippen molar-refractivity contribution in [1.82, 2.24) is 20.4 Å². The quantitative estimate of drug-likeness (QED) is 0.409. The van der Waals surface area contributed by atoms with Gasteiger partial charge in [-0.2, -0.15) is 5.10 Å². The highest BCUT2D eigenvalue weighted by molar-refractivity contribution is 5.96. The molecule has 4 rings (SSSR count). The number of nitrogens with one attached hydrogen (secondary N) is 2. The molecule has 0 radical (unpaired) electrons. The van der Waals surface area contributed by atoms with E-state index in [1.807, 2.05) is 26.8 Å². The molecule has 9 heteroatoms. The van der Waals surface area contributed by atoms with E-state index >= 15 is 0 Å². The lowest BCUT2D eigenvalue weighted by Gasteiger charge is -2.39. The molecular weight excluding hydrogens is 499 g/mol. The van der Waals surface area contributed by atoms with Crippen molar-refractivity contribution in [2.24, 2.45) is 5.41 Å². The van der Waals surface area contributed by atoms with Gasteiger partial charge in [-0.1, -0.05) is 32.0 Å². The molecule has 1 aliphatic rings. The molecule has 0 saturated carbocycles. The van der Waals surface area contributed by atoms with Gasteiger partial charge in [0, 0.05) is 29.0 Å². The number of halogens is 1. The molecule has 2 heterocycles. The van der Waals surface area contributed by atoms with Crippen LogP contribution in [0.4, 0.5) is 4.39 Å². The fourth-order valence-corrected chi connectivity index (χ4v) is 5.35. The van der Waals surface area contributed by atoms with E-state index in [9.17, 15) is 23.9 Å². The number of hydrogen-bond donors (Lipinski definition) is 3. The van der Waals surface area contributed by atoms with E-state index in [-0.39, 0.29) is 42.5 Å². The minimum atomic E-state index is -0.566. The van der Waals surface area contributed by atoms with Crippen molar-refractivity contribution in [3.8, 4) is 0 Å². The molecule has 1 fully saturated rings. The highest BCUT2D eigenvalue weighted by Gasteiger charge is 2.44. The van der Waals surface area contributed by atoms with Gasteiger partial charge in [0.2, 0.25) is 5.91 Å². The fraction of sp³-hybridized carbons (Fsp3) is 0.400. The number of likely N-dealkylation sites (tertiary alicyclic amines) is 1. The molecule has 2 atom stereocenters. The second-order valence-corrected chi connectivity index (χ2v) is 11.0. The molecule has 39 heavy (non-hydrogen) atoms. The summed E-state index contributed by atoms with van der Waals surface area (Å²) in [5, 5.41) is 19.1. The molecule has 2 amide bonds. The number of aliphatic hydroxyl groups excluding tert-OH is 1. The lowest BCUT2D eigenvalue weighted by molar-refractivity contribution is -0.136. The Morgan fingerprint density at radius 3 is 2.59 bits per heavy atom. The van der Waals surface area contributed by atoms with Crippen molar-refractivity contribution >= 4 is 11.8 Å². The van der Waals surface area contributed by atoms with Crippen molar-refractivity contribution < 1.29 is 19.1 Å². The van der Waals surface area contributed by atoms with E-state index in [1.165, 1.54) is 12.1 Å². The average Bonchev–Trinajstić information content (AvgIpc) is 3.37. The summed E-state index contributed by atoms with van der Waals surface area (Å²) in [6, 6.07) is 12.6. The summed E-state index contributed by atoms with van der Waals surface area (Å²) in [7, 11) is 0. The molecule has 2 aromatic carbocycles. The maximum atomic E-state index is 14.0. The number of H-pyrrole nitrogens is 1. The van der Waals surface area contributed by atoms with Crippen LogP contribution in [0.2, 0.25) is 0 Å². The number of carbonyl (C=O) groups excluding carboxylic acids is 2. The number of nitrogens with zero attached hydrogens (tertiary/aromatic N) is 2. The third-order valence-electron chi connectivity index (χ3n) is 7.61. The normalized spacial score (nSPS) is 17.3. The number of aromatic nitrogens is 2. The number of aryl methyl sites for hydroxylation is 2. The number of hydrogen-bond acceptors (Lipinski definition) is 5. The third kappa shape index (κ3) is 6.25. The highest BCUT2D eigenvalue weighted by atomic mass is 19.1. The second kappa shape index (κ2) is 11.5. The van der Waals surface area contributed by atoms with E-state index in [4.69, 9.17) is 0 Å². The van der Waals surface area contributed by atoms with Crippen LogP contribution in [0.1, 0.15) is 71.0 Å². The zero-order valence-electron chi connectivity index (χ0n) is 22.8. The van der Waals surface area contributed by atoms with Gasteiger partial charge in [-0.25, -0.2) is 9.49 Å². The van der Waals surface area contributed by atoms with Gasteiger partial charge in [-0.15, -0.1) is 0 Å². The van der Waals surface area contributed by atoms with Gasteiger partial charge in [0.25, 0.3) is 11.5 Å². The Bertz CT molecular complexity index is 1430. The summed E-state index contributed by atoms with van der Waals surface area (Å²) >= 11 is 0. The lowest BCUT2D eigenvalue weighted by Crippen LogP contribution is -2.50. The SMILES string of the molecule is Cc1cc(Cc2ccc(C(=O)NCC(=O)N3C(C(C)(C)CO)CC[C@H]3c3cccc(F)c3)cc2C)c(=O)[nH]n1. The van der Waals surface area contributed by atoms with Gasteiger partial charge in [0.15, 0.2) is 0 Å². The van der Waals surface area contributed by atoms with Crippen LogP contribution >= 0.6 is 0 Å². The molecule has 8 nitrogen and oxygen atoms in total. The Morgan fingerprint density at radius 2 is 1.90 bits per heavy atom. The number of benzene rings is 2. The average molecular weight is 535 g/mol. The number of rotatable bonds is 8. The van der Waals surface area contributed by atoms with Crippen LogP contribution in [0.15, 0.2) is 53.3 Å². The van der Waals surface area contributed by atoms with Crippen molar-refractivity contribution in [3.05, 3.63) is 98.2 Å². The molecule has 1 saturated heterocycles. The summed E-state index contributed by atoms with van der Waals surface area (Å²) in [6.07, 6.45) is 1.70. The molecule has 3 N–H and O–H groups in total. The van der Waals surface area contributed by atoms with Crippen LogP contribution in [0.3, 0.4) is 0 Å². The first-order valence-corrected chi connectivity index (χ1v) is 13.1. The predicted molar refractivity (Wildman–Crippen MR) is 146 cm³/mol. The van der Waals surface area contributed by atoms with Gasteiger partial charge in [-0.05, 0) is 73.7 Å². The first kappa shape index (κ1) is 28.2. The van der Waals surface area contributed by atoms with Gasteiger partial charge >= 0.3 is 0 Å². The molecule has 1 aromatic heterocycles. The molecule has 206 valence electrons. The summed E-state index contributed by atoms with van der Waals surface area (Å²) in [5.74, 6) is -1.06. The first-order chi connectivity index (χ1) is 18.5. The van der Waals surface area contributed by atoms with Crippen molar-refractivity contribution in [3.63, 3.8) is 0 Å². The molecule has 0 spiro atoms. The van der Waals surface area contributed by atoms with Crippen LogP contribution in [-0.4, -0.2) is 51.2 Å². The minimum absolute atomic E-state index is 0.111. The van der Waals surface area contributed by atoms with Crippen LogP contribution in [0.5, 0.6) is 0 Å². The van der Waals surface area contributed by atoms with E-state index < -0.39 is 11.3 Å². The smallest absolute Gasteiger partial charge is 0.267 e. The third-order valence-corrected chi connectivity index (χ3v) is 7.61. The maximum absolute atomic E-state index is 14.0. The number of carbonyl (C=O) groups is 2. The monoisotopic (exact) mass is 534 g/mol. The van der Waals surface area contributed by atoms with Crippen LogP contribution in [-0.2, 0) is 11.2 Å². The molecule has 0 bridgehead atoms. The van der Waals surface area contributed by atoms with Gasteiger partial charge in [-0.3, -0.25) is 14.4 Å². The number of aliphatic hydroxyl groups is 1. The van der Waals surface area contributed by atoms with Gasteiger partial charge in [0.05, 0.1) is 24.9 Å². The summed E-state index contributed by atoms with van der Waals surface area (Å²) in [4.78, 5) is 40.3. The minimum Gasteiger partial charge on any atom is -0.396 e. The number of amides is 2. The lowest BCUT2D eigenvalue weighted by atomic mass is 9.84. The van der Waals surface area contributed by atoms with E-state index in [0.717, 1.165) is 11.1 Å². The molecule has 0 aliphatic carbocycles. The number of aromatic amines is 1. The van der Waals surface area contributed by atoms with Gasteiger partial charge in [0.1, 0.15) is 5.82 Å². The Labute approximate surface area is 227 Å². The van der Waals surface area contributed by atoms with Crippen molar-refractivity contribution in [1.29, 1.82) is 0 Å². The van der Waals surface area contributed by atoms with Crippen LogP contribution in [0.25, 0.3) is 0 Å². The Morgan fingerprint density at radius 1 is 1.13 bits per heavy atom. The zero-order chi connectivity index (χ0) is 28.3.